The van der Waals surface area contributed by atoms with Crippen molar-refractivity contribution in [1.29, 1.82) is 0 Å². The zero-order chi connectivity index (χ0) is 16.5. The highest BCUT2D eigenvalue weighted by Gasteiger charge is 2.37. The normalized spacial score (nSPS) is 28.2. The van der Waals surface area contributed by atoms with E-state index in [0.29, 0.717) is 18.2 Å². The summed E-state index contributed by atoms with van der Waals surface area (Å²) in [5.41, 5.74) is 2.32. The first-order valence-corrected chi connectivity index (χ1v) is 9.06. The second-order valence-corrected chi connectivity index (χ2v) is 6.98. The number of hydrogen-bond donors (Lipinski definition) is 0. The minimum absolute atomic E-state index is 0.380. The van der Waals surface area contributed by atoms with E-state index in [4.69, 9.17) is 9.47 Å². The maximum absolute atomic E-state index is 6.02. The Kier molecular flexibility index (Phi) is 4.57. The number of rotatable bonds is 4. The summed E-state index contributed by atoms with van der Waals surface area (Å²) in [6.45, 7) is 5.99. The number of aromatic nitrogens is 2. The average molecular weight is 329 g/mol. The number of ether oxygens (including phenoxy) is 2. The Hall–Kier alpha value is -1.43. The van der Waals surface area contributed by atoms with Gasteiger partial charge in [0.15, 0.2) is 0 Å². The smallest absolute Gasteiger partial charge is 0.106 e. The van der Waals surface area contributed by atoms with Crippen LogP contribution in [0.3, 0.4) is 0 Å². The number of nitrogens with zero attached hydrogens (tertiary/aromatic N) is 3. The van der Waals surface area contributed by atoms with Crippen molar-refractivity contribution in [2.45, 2.75) is 51.0 Å². The molecule has 1 saturated carbocycles. The largest absolute Gasteiger partial charge is 0.381 e. The molecule has 4 rings (SSSR count). The Morgan fingerprint density at radius 2 is 2.12 bits per heavy atom. The number of methoxy groups -OCH3 is 1. The van der Waals surface area contributed by atoms with Crippen molar-refractivity contribution in [3.63, 3.8) is 0 Å². The third-order valence-electron chi connectivity index (χ3n) is 5.68. The Balaban J connectivity index is 1.48. The molecule has 0 spiro atoms. The number of morpholine rings is 1. The third-order valence-corrected chi connectivity index (χ3v) is 5.68. The Labute approximate surface area is 143 Å². The molecule has 1 saturated heterocycles. The van der Waals surface area contributed by atoms with Gasteiger partial charge in [0.2, 0.25) is 0 Å². The predicted octanol–water partition coefficient (Wildman–Crippen LogP) is 2.61. The molecule has 1 aromatic carbocycles. The molecular weight excluding hydrogens is 302 g/mol. The second kappa shape index (κ2) is 6.82. The summed E-state index contributed by atoms with van der Waals surface area (Å²) in [4.78, 5) is 7.29. The fourth-order valence-electron chi connectivity index (χ4n) is 4.35. The van der Waals surface area contributed by atoms with Crippen LogP contribution in [-0.2, 0) is 16.0 Å². The molecule has 1 aliphatic heterocycles. The number of fused-ring (bicyclic) bond motifs is 2. The van der Waals surface area contributed by atoms with E-state index in [2.05, 4.69) is 45.6 Å². The molecule has 130 valence electrons. The maximum Gasteiger partial charge on any atom is 0.106 e. The predicted molar refractivity (Wildman–Crippen MR) is 94.2 cm³/mol. The molecule has 5 heteroatoms. The van der Waals surface area contributed by atoms with Gasteiger partial charge in [-0.25, -0.2) is 4.98 Å². The molecule has 5 nitrogen and oxygen atoms in total. The molecule has 1 aliphatic carbocycles. The number of para-hydroxylation sites is 2. The molecule has 0 amide bonds. The van der Waals surface area contributed by atoms with Crippen LogP contribution in [0.15, 0.2) is 24.3 Å². The average Bonchev–Trinajstić information content (AvgIpc) is 2.94. The molecule has 24 heavy (non-hydrogen) atoms. The van der Waals surface area contributed by atoms with Gasteiger partial charge in [-0.05, 0) is 38.3 Å². The quantitative estimate of drug-likeness (QED) is 0.864. The van der Waals surface area contributed by atoms with Gasteiger partial charge in [0.25, 0.3) is 0 Å². The van der Waals surface area contributed by atoms with E-state index < -0.39 is 0 Å². The van der Waals surface area contributed by atoms with E-state index in [1.54, 1.807) is 0 Å². The van der Waals surface area contributed by atoms with Crippen LogP contribution in [-0.4, -0.2) is 59.5 Å². The lowest BCUT2D eigenvalue weighted by Gasteiger charge is -2.45. The molecule has 2 aromatic rings. The van der Waals surface area contributed by atoms with Crippen molar-refractivity contribution in [3.8, 4) is 0 Å². The SMILES string of the molecule is CO[C@@H]1CC[C@@H]2OCCN(CCn3c(C)nc4ccccc43)[C@H]2C1. The Morgan fingerprint density at radius 1 is 1.25 bits per heavy atom. The fourth-order valence-corrected chi connectivity index (χ4v) is 4.35. The highest BCUT2D eigenvalue weighted by atomic mass is 16.5. The van der Waals surface area contributed by atoms with Crippen molar-refractivity contribution in [2.24, 2.45) is 0 Å². The van der Waals surface area contributed by atoms with Crippen LogP contribution in [0.5, 0.6) is 0 Å². The molecule has 2 aliphatic rings. The van der Waals surface area contributed by atoms with E-state index in [1.165, 1.54) is 5.52 Å². The zero-order valence-electron chi connectivity index (χ0n) is 14.6. The molecule has 3 atom stereocenters. The van der Waals surface area contributed by atoms with Gasteiger partial charge in [-0.2, -0.15) is 0 Å². The van der Waals surface area contributed by atoms with Crippen LogP contribution in [0.25, 0.3) is 11.0 Å². The fraction of sp³-hybridized carbons (Fsp3) is 0.632. The van der Waals surface area contributed by atoms with E-state index in [-0.39, 0.29) is 0 Å². The molecule has 2 fully saturated rings. The molecule has 1 aromatic heterocycles. The van der Waals surface area contributed by atoms with Gasteiger partial charge in [0.1, 0.15) is 5.82 Å². The number of hydrogen-bond acceptors (Lipinski definition) is 4. The monoisotopic (exact) mass is 329 g/mol. The van der Waals surface area contributed by atoms with E-state index in [0.717, 1.165) is 56.8 Å². The lowest BCUT2D eigenvalue weighted by Crippen LogP contribution is -2.55. The minimum atomic E-state index is 0.380. The summed E-state index contributed by atoms with van der Waals surface area (Å²) in [6.07, 6.45) is 4.09. The molecule has 0 bridgehead atoms. The number of aryl methyl sites for hydroxylation is 1. The van der Waals surface area contributed by atoms with Crippen molar-refractivity contribution >= 4 is 11.0 Å². The Bertz CT molecular complexity index is 699. The van der Waals surface area contributed by atoms with Crippen LogP contribution in [0.1, 0.15) is 25.1 Å². The molecule has 0 unspecified atom stereocenters. The first-order chi connectivity index (χ1) is 11.8. The van der Waals surface area contributed by atoms with Gasteiger partial charge < -0.3 is 14.0 Å². The van der Waals surface area contributed by atoms with Gasteiger partial charge in [0, 0.05) is 32.8 Å². The summed E-state index contributed by atoms with van der Waals surface area (Å²) in [7, 11) is 1.83. The minimum Gasteiger partial charge on any atom is -0.381 e. The van der Waals surface area contributed by atoms with Crippen LogP contribution in [0.4, 0.5) is 0 Å². The summed E-state index contributed by atoms with van der Waals surface area (Å²) >= 11 is 0. The van der Waals surface area contributed by atoms with E-state index in [1.807, 2.05) is 7.11 Å². The zero-order valence-corrected chi connectivity index (χ0v) is 14.6. The highest BCUT2D eigenvalue weighted by Crippen LogP contribution is 2.30. The molecular formula is C19H27N3O2. The first kappa shape index (κ1) is 16.1. The van der Waals surface area contributed by atoms with Crippen LogP contribution < -0.4 is 0 Å². The summed E-state index contributed by atoms with van der Waals surface area (Å²) < 4.78 is 14.0. The van der Waals surface area contributed by atoms with Crippen molar-refractivity contribution < 1.29 is 9.47 Å². The third kappa shape index (κ3) is 2.96. The lowest BCUT2D eigenvalue weighted by atomic mass is 9.88. The standard InChI is InChI=1S/C19H27N3O2/c1-14-20-16-5-3-4-6-17(16)22(14)10-9-21-11-12-24-19-8-7-15(23-2)13-18(19)21/h3-6,15,18-19H,7-13H2,1-2H3/t15-,18+,19+/m1/s1. The van der Waals surface area contributed by atoms with Crippen molar-refractivity contribution in [2.75, 3.05) is 26.8 Å². The highest BCUT2D eigenvalue weighted by molar-refractivity contribution is 5.75. The summed E-state index contributed by atoms with van der Waals surface area (Å²) in [6, 6.07) is 8.90. The van der Waals surface area contributed by atoms with Crippen LogP contribution in [0.2, 0.25) is 0 Å². The Morgan fingerprint density at radius 3 is 3.00 bits per heavy atom. The van der Waals surface area contributed by atoms with E-state index >= 15 is 0 Å². The van der Waals surface area contributed by atoms with Crippen molar-refractivity contribution in [3.05, 3.63) is 30.1 Å². The molecule has 2 heterocycles. The first-order valence-electron chi connectivity index (χ1n) is 9.06. The number of imidazole rings is 1. The van der Waals surface area contributed by atoms with Crippen LogP contribution >= 0.6 is 0 Å². The topological polar surface area (TPSA) is 39.5 Å². The maximum atomic E-state index is 6.02. The van der Waals surface area contributed by atoms with Crippen LogP contribution in [0, 0.1) is 6.92 Å². The number of benzene rings is 1. The summed E-state index contributed by atoms with van der Waals surface area (Å²) in [5, 5.41) is 0. The molecule has 0 N–H and O–H groups in total. The van der Waals surface area contributed by atoms with Gasteiger partial charge in [0.05, 0.1) is 29.8 Å². The van der Waals surface area contributed by atoms with Gasteiger partial charge >= 0.3 is 0 Å². The van der Waals surface area contributed by atoms with E-state index in [9.17, 15) is 0 Å². The van der Waals surface area contributed by atoms with Crippen molar-refractivity contribution in [1.82, 2.24) is 14.5 Å². The van der Waals surface area contributed by atoms with Gasteiger partial charge in [-0.3, -0.25) is 4.90 Å². The summed E-state index contributed by atoms with van der Waals surface area (Å²) in [5.74, 6) is 1.10. The second-order valence-electron chi connectivity index (χ2n) is 6.98. The lowest BCUT2D eigenvalue weighted by molar-refractivity contribution is -0.113. The molecule has 0 radical (unpaired) electrons. The van der Waals surface area contributed by atoms with Gasteiger partial charge in [-0.15, -0.1) is 0 Å². The van der Waals surface area contributed by atoms with Gasteiger partial charge in [-0.1, -0.05) is 12.1 Å².